The zero-order chi connectivity index (χ0) is 23.2. The van der Waals surface area contributed by atoms with Gasteiger partial charge in [0.1, 0.15) is 23.8 Å². The molecule has 33 heavy (non-hydrogen) atoms. The van der Waals surface area contributed by atoms with E-state index in [2.05, 4.69) is 10.3 Å². The van der Waals surface area contributed by atoms with Crippen LogP contribution in [0.1, 0.15) is 24.6 Å². The molecule has 168 valence electrons. The number of aryl methyl sites for hydroxylation is 1. The Balaban J connectivity index is 1.37. The summed E-state index contributed by atoms with van der Waals surface area (Å²) in [7, 11) is 0. The average Bonchev–Trinajstić information content (AvgIpc) is 2.82. The van der Waals surface area contributed by atoms with Gasteiger partial charge in [0.05, 0.1) is 5.69 Å². The van der Waals surface area contributed by atoms with Gasteiger partial charge in [-0.1, -0.05) is 25.1 Å². The van der Waals surface area contributed by atoms with Crippen LogP contribution in [-0.2, 0) is 11.4 Å². The van der Waals surface area contributed by atoms with Crippen molar-refractivity contribution in [2.75, 3.05) is 5.32 Å². The van der Waals surface area contributed by atoms with Gasteiger partial charge in [0.15, 0.2) is 6.10 Å². The Morgan fingerprint density at radius 3 is 2.52 bits per heavy atom. The minimum atomic E-state index is -0.593. The number of nitrogens with zero attached hydrogens (tertiary/aromatic N) is 2. The van der Waals surface area contributed by atoms with Crippen LogP contribution in [0.4, 0.5) is 5.69 Å². The fourth-order valence-electron chi connectivity index (χ4n) is 3.33. The second-order valence-electron chi connectivity index (χ2n) is 7.65. The second kappa shape index (κ2) is 9.99. The summed E-state index contributed by atoms with van der Waals surface area (Å²) in [5.74, 6) is 1.04. The maximum Gasteiger partial charge on any atom is 0.265 e. The van der Waals surface area contributed by atoms with Gasteiger partial charge in [-0.05, 0) is 67.4 Å². The largest absolute Gasteiger partial charge is 0.487 e. The van der Waals surface area contributed by atoms with Gasteiger partial charge >= 0.3 is 0 Å². The number of benzene rings is 2. The molecule has 7 heteroatoms. The maximum absolute atomic E-state index is 12.6. The van der Waals surface area contributed by atoms with Gasteiger partial charge in [-0.3, -0.25) is 14.0 Å². The first kappa shape index (κ1) is 22.1. The molecule has 1 atom stereocenters. The van der Waals surface area contributed by atoms with Crippen molar-refractivity contribution >= 4 is 17.2 Å². The first-order valence-electron chi connectivity index (χ1n) is 10.8. The van der Waals surface area contributed by atoms with Crippen LogP contribution in [0.15, 0.2) is 83.8 Å². The summed E-state index contributed by atoms with van der Waals surface area (Å²) in [6.45, 7) is 4.01. The van der Waals surface area contributed by atoms with Gasteiger partial charge in [0.25, 0.3) is 11.5 Å². The van der Waals surface area contributed by atoms with Crippen molar-refractivity contribution in [1.82, 2.24) is 9.38 Å². The summed E-state index contributed by atoms with van der Waals surface area (Å²) in [6, 6.07) is 21.5. The Kier molecular flexibility index (Phi) is 6.69. The number of aromatic nitrogens is 2. The molecule has 1 N–H and O–H groups in total. The van der Waals surface area contributed by atoms with Gasteiger partial charge in [-0.15, -0.1) is 0 Å². The molecule has 2 heterocycles. The molecule has 4 aromatic rings. The highest BCUT2D eigenvalue weighted by atomic mass is 16.5. The lowest BCUT2D eigenvalue weighted by atomic mass is 10.2. The molecule has 0 spiro atoms. The predicted molar refractivity (Wildman–Crippen MR) is 127 cm³/mol. The van der Waals surface area contributed by atoms with E-state index in [1.807, 2.05) is 56.3 Å². The number of para-hydroxylation sites is 1. The number of pyridine rings is 1. The van der Waals surface area contributed by atoms with E-state index >= 15 is 0 Å². The van der Waals surface area contributed by atoms with Gasteiger partial charge < -0.3 is 14.8 Å². The van der Waals surface area contributed by atoms with Gasteiger partial charge in [0, 0.05) is 18.0 Å². The van der Waals surface area contributed by atoms with E-state index in [4.69, 9.17) is 9.47 Å². The van der Waals surface area contributed by atoms with E-state index < -0.39 is 6.10 Å². The fraction of sp³-hybridized carbons (Fsp3) is 0.192. The predicted octanol–water partition coefficient (Wildman–Crippen LogP) is 4.38. The Hall–Kier alpha value is -4.13. The van der Waals surface area contributed by atoms with Crippen molar-refractivity contribution in [1.29, 1.82) is 0 Å². The molecule has 0 aliphatic carbocycles. The van der Waals surface area contributed by atoms with Crippen molar-refractivity contribution in [3.05, 3.63) is 101 Å². The molecular weight excluding hydrogens is 418 g/mol. The molecule has 2 aromatic carbocycles. The third kappa shape index (κ3) is 5.57. The molecule has 1 amide bonds. The number of hydrogen-bond donors (Lipinski definition) is 1. The number of anilines is 1. The SMILES string of the molecule is CC[C@@H](Oc1ccccc1)C(=O)Nc1ccc(OCc2cc(=O)n3ccc(C)cc3n2)cc1. The highest BCUT2D eigenvalue weighted by Gasteiger charge is 2.18. The van der Waals surface area contributed by atoms with E-state index in [0.29, 0.717) is 34.9 Å². The molecule has 0 fully saturated rings. The fourth-order valence-corrected chi connectivity index (χ4v) is 3.33. The lowest BCUT2D eigenvalue weighted by molar-refractivity contribution is -0.122. The summed E-state index contributed by atoms with van der Waals surface area (Å²) in [4.78, 5) is 29.4. The van der Waals surface area contributed by atoms with Crippen LogP contribution < -0.4 is 20.3 Å². The van der Waals surface area contributed by atoms with E-state index in [-0.39, 0.29) is 18.1 Å². The number of rotatable bonds is 8. The van der Waals surface area contributed by atoms with Crippen LogP contribution in [0.25, 0.3) is 5.65 Å². The zero-order valence-electron chi connectivity index (χ0n) is 18.5. The highest BCUT2D eigenvalue weighted by Crippen LogP contribution is 2.19. The molecule has 0 saturated heterocycles. The number of amides is 1. The van der Waals surface area contributed by atoms with Crippen molar-refractivity contribution in [2.24, 2.45) is 0 Å². The van der Waals surface area contributed by atoms with E-state index in [1.54, 1.807) is 30.5 Å². The average molecular weight is 444 g/mol. The van der Waals surface area contributed by atoms with Crippen molar-refractivity contribution in [3.63, 3.8) is 0 Å². The van der Waals surface area contributed by atoms with Crippen LogP contribution in [-0.4, -0.2) is 21.4 Å². The summed E-state index contributed by atoms with van der Waals surface area (Å²) in [5, 5.41) is 2.87. The number of carbonyl (C=O) groups excluding carboxylic acids is 1. The number of nitrogens with one attached hydrogen (secondary N) is 1. The molecule has 0 aliphatic heterocycles. The summed E-state index contributed by atoms with van der Waals surface area (Å²) in [6.07, 6.45) is 1.66. The molecule has 4 rings (SSSR count). The van der Waals surface area contributed by atoms with Crippen molar-refractivity contribution in [3.8, 4) is 11.5 Å². The quantitative estimate of drug-likeness (QED) is 0.437. The monoisotopic (exact) mass is 443 g/mol. The van der Waals surface area contributed by atoms with Crippen LogP contribution in [0, 0.1) is 6.92 Å². The lowest BCUT2D eigenvalue weighted by Gasteiger charge is -2.17. The number of carbonyl (C=O) groups is 1. The van der Waals surface area contributed by atoms with Crippen LogP contribution >= 0.6 is 0 Å². The van der Waals surface area contributed by atoms with Crippen LogP contribution in [0.3, 0.4) is 0 Å². The Morgan fingerprint density at radius 2 is 1.79 bits per heavy atom. The molecule has 0 bridgehead atoms. The van der Waals surface area contributed by atoms with Crippen LogP contribution in [0.5, 0.6) is 11.5 Å². The summed E-state index contributed by atoms with van der Waals surface area (Å²) < 4.78 is 13.1. The highest BCUT2D eigenvalue weighted by molar-refractivity contribution is 5.94. The smallest absolute Gasteiger partial charge is 0.265 e. The number of ether oxygens (including phenoxy) is 2. The molecule has 2 aromatic heterocycles. The number of hydrogen-bond acceptors (Lipinski definition) is 5. The maximum atomic E-state index is 12.6. The first-order chi connectivity index (χ1) is 16.0. The van der Waals surface area contributed by atoms with Gasteiger partial charge in [-0.2, -0.15) is 0 Å². The summed E-state index contributed by atoms with van der Waals surface area (Å²) in [5.41, 5.74) is 2.64. The molecule has 0 unspecified atom stereocenters. The minimum Gasteiger partial charge on any atom is -0.487 e. The zero-order valence-corrected chi connectivity index (χ0v) is 18.5. The molecule has 0 saturated carbocycles. The van der Waals surface area contributed by atoms with Crippen LogP contribution in [0.2, 0.25) is 0 Å². The minimum absolute atomic E-state index is 0.153. The topological polar surface area (TPSA) is 81.9 Å². The third-order valence-electron chi connectivity index (χ3n) is 5.07. The van der Waals surface area contributed by atoms with Gasteiger partial charge in [-0.25, -0.2) is 4.98 Å². The molecule has 0 aliphatic rings. The standard InChI is InChI=1S/C26H25N3O4/c1-3-23(33-22-7-5-4-6-8-22)26(31)28-19-9-11-21(12-10-19)32-17-20-16-25(30)29-14-13-18(2)15-24(29)27-20/h4-16,23H,3,17H2,1-2H3,(H,28,31)/t23-/m1/s1. The summed E-state index contributed by atoms with van der Waals surface area (Å²) >= 11 is 0. The normalized spacial score (nSPS) is 11.7. The lowest BCUT2D eigenvalue weighted by Crippen LogP contribution is -2.32. The molecule has 7 nitrogen and oxygen atoms in total. The van der Waals surface area contributed by atoms with Crippen molar-refractivity contribution < 1.29 is 14.3 Å². The Bertz CT molecular complexity index is 1300. The van der Waals surface area contributed by atoms with E-state index in [0.717, 1.165) is 5.56 Å². The molecule has 0 radical (unpaired) electrons. The van der Waals surface area contributed by atoms with E-state index in [9.17, 15) is 9.59 Å². The second-order valence-corrected chi connectivity index (χ2v) is 7.65. The first-order valence-corrected chi connectivity index (χ1v) is 10.8. The van der Waals surface area contributed by atoms with E-state index in [1.165, 1.54) is 10.5 Å². The van der Waals surface area contributed by atoms with Gasteiger partial charge in [0.2, 0.25) is 0 Å². The third-order valence-corrected chi connectivity index (χ3v) is 5.07. The molecular formula is C26H25N3O4. The Labute approximate surface area is 191 Å². The Morgan fingerprint density at radius 1 is 1.03 bits per heavy atom. The van der Waals surface area contributed by atoms with Crippen molar-refractivity contribution in [2.45, 2.75) is 33.0 Å². The number of fused-ring (bicyclic) bond motifs is 1.